The molecule has 0 saturated heterocycles. The maximum Gasteiger partial charge on any atom is 0.123 e. The Morgan fingerprint density at radius 1 is 0.920 bits per heavy atom. The fraction of sp³-hybridized carbons (Fsp3) is 0.455. The molecule has 132 valence electrons. The zero-order valence-electron chi connectivity index (χ0n) is 14.6. The quantitative estimate of drug-likeness (QED) is 0.783. The van der Waals surface area contributed by atoms with Crippen LogP contribution < -0.4 is 10.6 Å². The van der Waals surface area contributed by atoms with Crippen molar-refractivity contribution in [3.8, 4) is 0 Å². The molecular formula is C22H27FN2. The van der Waals surface area contributed by atoms with Crippen LogP contribution in [0.2, 0.25) is 0 Å². The van der Waals surface area contributed by atoms with Crippen molar-refractivity contribution in [1.29, 1.82) is 0 Å². The van der Waals surface area contributed by atoms with Crippen molar-refractivity contribution < 1.29 is 4.39 Å². The summed E-state index contributed by atoms with van der Waals surface area (Å²) in [6.45, 7) is 0.499. The van der Waals surface area contributed by atoms with Crippen LogP contribution in [0.1, 0.15) is 43.6 Å². The van der Waals surface area contributed by atoms with Crippen LogP contribution in [0.3, 0.4) is 0 Å². The second kappa shape index (κ2) is 7.17. The number of nitrogens with one attached hydrogen (secondary N) is 2. The Labute approximate surface area is 149 Å². The zero-order valence-corrected chi connectivity index (χ0v) is 14.6. The summed E-state index contributed by atoms with van der Waals surface area (Å²) in [6.07, 6.45) is 4.23. The fourth-order valence-corrected chi connectivity index (χ4v) is 4.03. The van der Waals surface area contributed by atoms with E-state index in [0.717, 1.165) is 24.9 Å². The van der Waals surface area contributed by atoms with Crippen molar-refractivity contribution in [3.05, 3.63) is 66.2 Å². The molecule has 3 heteroatoms. The van der Waals surface area contributed by atoms with Crippen LogP contribution in [0, 0.1) is 0 Å². The largest absolute Gasteiger partial charge is 0.382 e. The first-order valence-corrected chi connectivity index (χ1v) is 9.51. The van der Waals surface area contributed by atoms with Gasteiger partial charge in [0.1, 0.15) is 5.67 Å². The van der Waals surface area contributed by atoms with E-state index in [-0.39, 0.29) is 0 Å². The van der Waals surface area contributed by atoms with Crippen LogP contribution >= 0.6 is 0 Å². The highest BCUT2D eigenvalue weighted by Gasteiger charge is 2.41. The fourth-order valence-electron chi connectivity index (χ4n) is 4.03. The first-order valence-electron chi connectivity index (χ1n) is 9.51. The van der Waals surface area contributed by atoms with E-state index in [4.69, 9.17) is 0 Å². The minimum Gasteiger partial charge on any atom is -0.382 e. The minimum atomic E-state index is -1.04. The molecule has 0 spiro atoms. The Hall–Kier alpha value is -1.87. The third-order valence-corrected chi connectivity index (χ3v) is 5.73. The van der Waals surface area contributed by atoms with Crippen molar-refractivity contribution >= 4 is 5.69 Å². The molecule has 2 N–H and O–H groups in total. The smallest absolute Gasteiger partial charge is 0.123 e. The number of hydrogen-bond donors (Lipinski definition) is 2. The van der Waals surface area contributed by atoms with E-state index >= 15 is 4.39 Å². The molecule has 2 atom stereocenters. The third-order valence-electron chi connectivity index (χ3n) is 5.73. The van der Waals surface area contributed by atoms with E-state index in [2.05, 4.69) is 47.0 Å². The summed E-state index contributed by atoms with van der Waals surface area (Å²) in [5.41, 5.74) is 1.47. The van der Waals surface area contributed by atoms with Crippen molar-refractivity contribution in [3.63, 3.8) is 0 Å². The Kier molecular flexibility index (Phi) is 4.76. The van der Waals surface area contributed by atoms with Crippen molar-refractivity contribution in [2.24, 2.45) is 0 Å². The predicted molar refractivity (Wildman–Crippen MR) is 102 cm³/mol. The molecule has 2 saturated carbocycles. The SMILES string of the molecule is FC1(CNC2CC2c2ccccc2)CCC(Nc2ccccc2)CC1. The summed E-state index contributed by atoms with van der Waals surface area (Å²) < 4.78 is 15.1. The van der Waals surface area contributed by atoms with Gasteiger partial charge in [0.25, 0.3) is 0 Å². The van der Waals surface area contributed by atoms with Gasteiger partial charge >= 0.3 is 0 Å². The molecule has 0 amide bonds. The highest BCUT2D eigenvalue weighted by molar-refractivity contribution is 5.43. The van der Waals surface area contributed by atoms with Crippen LogP contribution in [-0.2, 0) is 0 Å². The number of rotatable bonds is 6. The van der Waals surface area contributed by atoms with Gasteiger partial charge in [0, 0.05) is 30.2 Å². The summed E-state index contributed by atoms with van der Waals surface area (Å²) >= 11 is 0. The maximum atomic E-state index is 15.1. The van der Waals surface area contributed by atoms with E-state index in [1.54, 1.807) is 0 Å². The molecule has 0 heterocycles. The molecule has 2 aromatic carbocycles. The Morgan fingerprint density at radius 3 is 2.24 bits per heavy atom. The van der Waals surface area contributed by atoms with Crippen LogP contribution in [0.25, 0.3) is 0 Å². The Balaban J connectivity index is 1.22. The molecule has 2 fully saturated rings. The first-order chi connectivity index (χ1) is 12.2. The van der Waals surface area contributed by atoms with Gasteiger partial charge in [0.05, 0.1) is 0 Å². The van der Waals surface area contributed by atoms with Crippen LogP contribution in [-0.4, -0.2) is 24.3 Å². The Bertz CT molecular complexity index is 665. The van der Waals surface area contributed by atoms with Crippen molar-refractivity contribution in [2.75, 3.05) is 11.9 Å². The van der Waals surface area contributed by atoms with Crippen molar-refractivity contribution in [1.82, 2.24) is 5.32 Å². The van der Waals surface area contributed by atoms with Crippen LogP contribution in [0.5, 0.6) is 0 Å². The zero-order chi connectivity index (χ0) is 17.1. The van der Waals surface area contributed by atoms with Gasteiger partial charge in [-0.3, -0.25) is 0 Å². The van der Waals surface area contributed by atoms with E-state index in [9.17, 15) is 0 Å². The second-order valence-corrected chi connectivity index (χ2v) is 7.68. The van der Waals surface area contributed by atoms with Gasteiger partial charge < -0.3 is 10.6 Å². The maximum absolute atomic E-state index is 15.1. The van der Waals surface area contributed by atoms with Gasteiger partial charge in [-0.15, -0.1) is 0 Å². The van der Waals surface area contributed by atoms with Gasteiger partial charge in [-0.05, 0) is 49.8 Å². The minimum absolute atomic E-state index is 0.393. The molecule has 2 aromatic rings. The summed E-state index contributed by atoms with van der Waals surface area (Å²) in [5.74, 6) is 0.570. The molecule has 0 aliphatic heterocycles. The number of para-hydroxylation sites is 1. The van der Waals surface area contributed by atoms with E-state index in [1.165, 1.54) is 5.56 Å². The number of hydrogen-bond acceptors (Lipinski definition) is 2. The van der Waals surface area contributed by atoms with Gasteiger partial charge in [0.2, 0.25) is 0 Å². The van der Waals surface area contributed by atoms with E-state index < -0.39 is 5.67 Å². The number of alkyl halides is 1. The molecule has 2 unspecified atom stereocenters. The molecule has 25 heavy (non-hydrogen) atoms. The Morgan fingerprint density at radius 2 is 1.56 bits per heavy atom. The summed E-state index contributed by atoms with van der Waals surface area (Å²) in [7, 11) is 0. The number of halogens is 1. The predicted octanol–water partition coefficient (Wildman–Crippen LogP) is 4.90. The molecule has 4 rings (SSSR count). The monoisotopic (exact) mass is 338 g/mol. The lowest BCUT2D eigenvalue weighted by Crippen LogP contribution is -2.43. The molecule has 2 aliphatic rings. The third kappa shape index (κ3) is 4.21. The van der Waals surface area contributed by atoms with Crippen LogP contribution in [0.15, 0.2) is 60.7 Å². The number of benzene rings is 2. The van der Waals surface area contributed by atoms with Crippen LogP contribution in [0.4, 0.5) is 10.1 Å². The molecule has 0 aromatic heterocycles. The molecule has 0 bridgehead atoms. The van der Waals surface area contributed by atoms with E-state index in [0.29, 0.717) is 37.4 Å². The average molecular weight is 338 g/mol. The summed E-state index contributed by atoms with van der Waals surface area (Å²) in [5, 5.41) is 7.02. The summed E-state index contributed by atoms with van der Waals surface area (Å²) in [4.78, 5) is 0. The van der Waals surface area contributed by atoms with Gasteiger partial charge in [-0.25, -0.2) is 4.39 Å². The summed E-state index contributed by atoms with van der Waals surface area (Å²) in [6, 6.07) is 21.7. The topological polar surface area (TPSA) is 24.1 Å². The highest BCUT2D eigenvalue weighted by Crippen LogP contribution is 2.41. The van der Waals surface area contributed by atoms with Gasteiger partial charge in [-0.2, -0.15) is 0 Å². The second-order valence-electron chi connectivity index (χ2n) is 7.68. The number of anilines is 1. The standard InChI is InChI=1S/C22H27FN2/c23-22(16-24-21-15-20(21)17-7-3-1-4-8-17)13-11-19(12-14-22)25-18-9-5-2-6-10-18/h1-10,19-21,24-25H,11-16H2. The molecule has 2 nitrogen and oxygen atoms in total. The molecule has 2 aliphatic carbocycles. The molecular weight excluding hydrogens is 311 g/mol. The normalized spacial score (nSPS) is 31.5. The lowest BCUT2D eigenvalue weighted by Gasteiger charge is -2.35. The lowest BCUT2D eigenvalue weighted by atomic mass is 9.83. The van der Waals surface area contributed by atoms with Crippen molar-refractivity contribution in [2.45, 2.75) is 55.8 Å². The highest BCUT2D eigenvalue weighted by atomic mass is 19.1. The molecule has 0 radical (unpaired) electrons. The average Bonchev–Trinajstić information content (AvgIpc) is 3.44. The van der Waals surface area contributed by atoms with Gasteiger partial charge in [-0.1, -0.05) is 48.5 Å². The lowest BCUT2D eigenvalue weighted by molar-refractivity contribution is 0.100. The van der Waals surface area contributed by atoms with E-state index in [1.807, 2.05) is 24.3 Å². The first kappa shape index (κ1) is 16.6. The van der Waals surface area contributed by atoms with Gasteiger partial charge in [0.15, 0.2) is 0 Å².